The molecule has 11 nitrogen and oxygen atoms in total. The Morgan fingerprint density at radius 1 is 1.39 bits per heavy atom. The number of hydrogen-bond acceptors (Lipinski definition) is 8. The van der Waals surface area contributed by atoms with Gasteiger partial charge < -0.3 is 41.7 Å². The third kappa shape index (κ3) is 5.57. The summed E-state index contributed by atoms with van der Waals surface area (Å²) in [6.45, 7) is -0.585. The van der Waals surface area contributed by atoms with Gasteiger partial charge in [0.2, 0.25) is 5.79 Å². The second kappa shape index (κ2) is 8.38. The van der Waals surface area contributed by atoms with Gasteiger partial charge in [0.1, 0.15) is 24.4 Å². The lowest BCUT2D eigenvalue weighted by molar-refractivity contribution is -0.318. The number of carboxylic acid groups (broad SMARTS) is 1. The zero-order valence-corrected chi connectivity index (χ0v) is 12.5. The Balaban J connectivity index is 2.54. The Morgan fingerprint density at radius 3 is 2.61 bits per heavy atom. The lowest BCUT2D eigenvalue weighted by Gasteiger charge is -2.42. The number of nitrogens with zero attached hydrogens (tertiary/aromatic N) is 1. The molecule has 1 aliphatic heterocycles. The smallest absolute Gasteiger partial charge is 0.320 e. The van der Waals surface area contributed by atoms with Crippen molar-refractivity contribution < 1.29 is 35.1 Å². The molecule has 0 radical (unpaired) electrons. The molecule has 11 heteroatoms. The molecule has 10 N–H and O–H groups in total. The quantitative estimate of drug-likeness (QED) is 0.122. The van der Waals surface area contributed by atoms with Crippen LogP contribution in [-0.4, -0.2) is 87.3 Å². The number of rotatable bonds is 8. The molecule has 23 heavy (non-hydrogen) atoms. The summed E-state index contributed by atoms with van der Waals surface area (Å²) < 4.78 is 4.93. The van der Waals surface area contributed by atoms with Gasteiger partial charge in [0, 0.05) is 6.54 Å². The van der Waals surface area contributed by atoms with E-state index in [9.17, 15) is 25.2 Å². The van der Waals surface area contributed by atoms with E-state index >= 15 is 0 Å². The molecule has 134 valence electrons. The number of hydrogen-bond donors (Lipinski definition) is 8. The zero-order valence-electron chi connectivity index (χ0n) is 12.5. The summed E-state index contributed by atoms with van der Waals surface area (Å²) in [4.78, 5) is 14.9. The molecule has 0 aromatic carbocycles. The Hall–Kier alpha value is -1.50. The molecule has 1 rings (SSSR count). The predicted octanol–water partition coefficient (Wildman–Crippen LogP) is -4.12. The summed E-state index contributed by atoms with van der Waals surface area (Å²) in [5.41, 5.74) is 10.3. The highest BCUT2D eigenvalue weighted by Gasteiger charge is 2.48. The lowest BCUT2D eigenvalue weighted by Crippen LogP contribution is -2.65. The van der Waals surface area contributed by atoms with Gasteiger partial charge >= 0.3 is 5.97 Å². The monoisotopic (exact) mass is 336 g/mol. The van der Waals surface area contributed by atoms with Gasteiger partial charge in [0.15, 0.2) is 5.96 Å². The van der Waals surface area contributed by atoms with Crippen molar-refractivity contribution in [1.82, 2.24) is 5.32 Å². The van der Waals surface area contributed by atoms with Crippen LogP contribution in [0.4, 0.5) is 0 Å². The van der Waals surface area contributed by atoms with Crippen molar-refractivity contribution in [2.75, 3.05) is 19.7 Å². The van der Waals surface area contributed by atoms with Crippen molar-refractivity contribution >= 4 is 11.9 Å². The van der Waals surface area contributed by atoms with Crippen LogP contribution in [0.5, 0.6) is 0 Å². The van der Waals surface area contributed by atoms with Gasteiger partial charge in [-0.1, -0.05) is 0 Å². The largest absolute Gasteiger partial charge is 0.480 e. The van der Waals surface area contributed by atoms with Crippen molar-refractivity contribution in [1.29, 1.82) is 0 Å². The van der Waals surface area contributed by atoms with Gasteiger partial charge in [0.05, 0.1) is 13.2 Å². The van der Waals surface area contributed by atoms with Crippen LogP contribution < -0.4 is 16.8 Å². The fourth-order valence-electron chi connectivity index (χ4n) is 2.13. The number of nitrogens with two attached hydrogens (primary N) is 2. The first-order chi connectivity index (χ1) is 10.7. The predicted molar refractivity (Wildman–Crippen MR) is 78.3 cm³/mol. The molecule has 0 saturated carbocycles. The Labute approximate surface area is 132 Å². The van der Waals surface area contributed by atoms with E-state index in [0.717, 1.165) is 0 Å². The highest BCUT2D eigenvalue weighted by molar-refractivity contribution is 5.75. The van der Waals surface area contributed by atoms with Crippen LogP contribution in [-0.2, 0) is 9.53 Å². The highest BCUT2D eigenvalue weighted by Crippen LogP contribution is 2.23. The summed E-state index contributed by atoms with van der Waals surface area (Å²) in [5.74, 6) is -3.46. The minimum atomic E-state index is -2.20. The van der Waals surface area contributed by atoms with Crippen molar-refractivity contribution in [2.45, 2.75) is 43.0 Å². The number of carbonyl (C=O) groups is 1. The standard InChI is InChI=1S/C12H24N4O7/c13-11(14)15-3-1-2-6(10(20)21)16-5-12(22)9(19)8(18)7(17)4-23-12/h6-9,16-19,22H,1-5H2,(H,20,21)(H4,13,14,15)/t6-,7+,8+,9-,12-/m0/s1. The maximum absolute atomic E-state index is 11.2. The number of nitrogens with one attached hydrogen (secondary N) is 1. The maximum Gasteiger partial charge on any atom is 0.320 e. The Morgan fingerprint density at radius 2 is 2.04 bits per heavy atom. The number of aliphatic imine (C=N–C) groups is 1. The SMILES string of the molecule is NC(N)=NCCC[C@H](NC[C@]1(O)OC[C@@H](O)[C@@H](O)[C@@H]1O)C(=O)O. The van der Waals surface area contributed by atoms with Crippen molar-refractivity contribution in [3.05, 3.63) is 0 Å². The minimum absolute atomic E-state index is 0.0922. The summed E-state index contributed by atoms with van der Waals surface area (Å²) in [6, 6.07) is -1.03. The lowest BCUT2D eigenvalue weighted by atomic mass is 9.96. The summed E-state index contributed by atoms with van der Waals surface area (Å²) in [7, 11) is 0. The fourth-order valence-corrected chi connectivity index (χ4v) is 2.13. The molecule has 1 heterocycles. The van der Waals surface area contributed by atoms with E-state index in [1.807, 2.05) is 0 Å². The fraction of sp³-hybridized carbons (Fsp3) is 0.833. The number of aliphatic carboxylic acids is 1. The second-order valence-electron chi connectivity index (χ2n) is 5.38. The summed E-state index contributed by atoms with van der Waals surface area (Å²) in [5, 5.41) is 50.5. The topological polar surface area (TPSA) is 204 Å². The molecular weight excluding hydrogens is 312 g/mol. The number of guanidine groups is 1. The van der Waals surface area contributed by atoms with E-state index in [2.05, 4.69) is 10.3 Å². The van der Waals surface area contributed by atoms with E-state index in [-0.39, 0.29) is 18.9 Å². The molecule has 0 amide bonds. The third-order valence-electron chi connectivity index (χ3n) is 3.53. The number of carboxylic acids is 1. The molecule has 0 aromatic heterocycles. The van der Waals surface area contributed by atoms with Gasteiger partial charge in [-0.15, -0.1) is 0 Å². The van der Waals surface area contributed by atoms with Crippen LogP contribution in [0.25, 0.3) is 0 Å². The first-order valence-corrected chi connectivity index (χ1v) is 7.09. The Bertz CT molecular complexity index is 432. The molecule has 1 aliphatic rings. The molecular formula is C12H24N4O7. The number of aliphatic hydroxyl groups excluding tert-OH is 3. The first kappa shape index (κ1) is 19.5. The van der Waals surface area contributed by atoms with Gasteiger partial charge in [-0.05, 0) is 12.8 Å². The van der Waals surface area contributed by atoms with E-state index in [4.69, 9.17) is 21.3 Å². The van der Waals surface area contributed by atoms with Gasteiger partial charge in [-0.3, -0.25) is 15.1 Å². The van der Waals surface area contributed by atoms with E-state index in [1.54, 1.807) is 0 Å². The summed E-state index contributed by atoms with van der Waals surface area (Å²) in [6.07, 6.45) is -4.16. The molecule has 1 fully saturated rings. The molecule has 5 atom stereocenters. The molecule has 0 unspecified atom stereocenters. The average molecular weight is 336 g/mol. The van der Waals surface area contributed by atoms with Crippen molar-refractivity contribution in [2.24, 2.45) is 16.5 Å². The van der Waals surface area contributed by atoms with Gasteiger partial charge in [-0.2, -0.15) is 0 Å². The summed E-state index contributed by atoms with van der Waals surface area (Å²) >= 11 is 0. The third-order valence-corrected chi connectivity index (χ3v) is 3.53. The Kier molecular flexibility index (Phi) is 7.12. The molecule has 0 bridgehead atoms. The van der Waals surface area contributed by atoms with Crippen LogP contribution in [0.1, 0.15) is 12.8 Å². The minimum Gasteiger partial charge on any atom is -0.480 e. The van der Waals surface area contributed by atoms with E-state index in [1.165, 1.54) is 0 Å². The van der Waals surface area contributed by atoms with Gasteiger partial charge in [-0.25, -0.2) is 0 Å². The highest BCUT2D eigenvalue weighted by atomic mass is 16.6. The van der Waals surface area contributed by atoms with Crippen molar-refractivity contribution in [3.63, 3.8) is 0 Å². The van der Waals surface area contributed by atoms with Crippen LogP contribution >= 0.6 is 0 Å². The van der Waals surface area contributed by atoms with Crippen LogP contribution in [0.3, 0.4) is 0 Å². The van der Waals surface area contributed by atoms with Crippen LogP contribution in [0.15, 0.2) is 4.99 Å². The second-order valence-corrected chi connectivity index (χ2v) is 5.38. The van der Waals surface area contributed by atoms with Crippen LogP contribution in [0.2, 0.25) is 0 Å². The van der Waals surface area contributed by atoms with Crippen LogP contribution in [0, 0.1) is 0 Å². The van der Waals surface area contributed by atoms with E-state index in [0.29, 0.717) is 6.42 Å². The first-order valence-electron chi connectivity index (χ1n) is 7.09. The number of ether oxygens (including phenoxy) is 1. The average Bonchev–Trinajstić information content (AvgIpc) is 2.48. The van der Waals surface area contributed by atoms with Gasteiger partial charge in [0.25, 0.3) is 0 Å². The molecule has 0 spiro atoms. The molecule has 0 aliphatic carbocycles. The van der Waals surface area contributed by atoms with E-state index < -0.39 is 49.3 Å². The maximum atomic E-state index is 11.2. The van der Waals surface area contributed by atoms with Crippen molar-refractivity contribution in [3.8, 4) is 0 Å². The normalized spacial score (nSPS) is 32.3. The molecule has 1 saturated heterocycles. The number of aliphatic hydroxyl groups is 4. The molecule has 0 aromatic rings. The zero-order chi connectivity index (χ0) is 17.6.